The van der Waals surface area contributed by atoms with Crippen molar-refractivity contribution in [2.75, 3.05) is 32.9 Å². The summed E-state index contributed by atoms with van der Waals surface area (Å²) in [7, 11) is 0. The van der Waals surface area contributed by atoms with E-state index in [0.717, 1.165) is 17.5 Å². The highest BCUT2D eigenvalue weighted by molar-refractivity contribution is 5.96. The molecule has 0 aromatic heterocycles. The maximum absolute atomic E-state index is 13.9. The summed E-state index contributed by atoms with van der Waals surface area (Å²) in [5.74, 6) is 0.0220. The maximum atomic E-state index is 13.9. The molecule has 2 aromatic carbocycles. The molecule has 28 heavy (non-hydrogen) atoms. The van der Waals surface area contributed by atoms with Gasteiger partial charge in [-0.1, -0.05) is 30.3 Å². The number of rotatable bonds is 4. The number of nitrogens with zero attached hydrogens (tertiary/aromatic N) is 1. The molecule has 1 amide bonds. The second-order valence-corrected chi connectivity index (χ2v) is 8.16. The van der Waals surface area contributed by atoms with E-state index >= 15 is 0 Å². The van der Waals surface area contributed by atoms with Crippen molar-refractivity contribution in [3.8, 4) is 0 Å². The van der Waals surface area contributed by atoms with Gasteiger partial charge in [0.15, 0.2) is 0 Å². The Bertz CT molecular complexity index is 884. The van der Waals surface area contributed by atoms with Crippen LogP contribution < -0.4 is 0 Å². The van der Waals surface area contributed by atoms with Crippen LogP contribution in [0.15, 0.2) is 42.5 Å². The number of ether oxygens (including phenoxy) is 1. The molecule has 0 spiro atoms. The van der Waals surface area contributed by atoms with Gasteiger partial charge < -0.3 is 14.7 Å². The van der Waals surface area contributed by atoms with Gasteiger partial charge in [-0.05, 0) is 54.5 Å². The number of aliphatic hydroxyl groups is 1. The lowest BCUT2D eigenvalue weighted by molar-refractivity contribution is -0.0557. The number of carbonyl (C=O) groups excluding carboxylic acids is 1. The van der Waals surface area contributed by atoms with E-state index in [-0.39, 0.29) is 29.7 Å². The van der Waals surface area contributed by atoms with E-state index in [1.807, 2.05) is 35.2 Å². The van der Waals surface area contributed by atoms with Crippen LogP contribution in [0.25, 0.3) is 0 Å². The van der Waals surface area contributed by atoms with Crippen LogP contribution >= 0.6 is 0 Å². The fraction of sp³-hybridized carbons (Fsp3) is 0.435. The fourth-order valence-electron chi connectivity index (χ4n) is 4.49. The quantitative estimate of drug-likeness (QED) is 0.882. The molecule has 2 aromatic rings. The summed E-state index contributed by atoms with van der Waals surface area (Å²) in [6.45, 7) is 4.12. The molecule has 0 aliphatic carbocycles. The van der Waals surface area contributed by atoms with Crippen LogP contribution in [-0.2, 0) is 11.2 Å². The van der Waals surface area contributed by atoms with E-state index in [9.17, 15) is 14.3 Å². The first-order chi connectivity index (χ1) is 13.5. The lowest BCUT2D eigenvalue weighted by Gasteiger charge is -2.36. The Hall–Kier alpha value is -2.24. The zero-order valence-electron chi connectivity index (χ0n) is 16.2. The molecule has 0 saturated carbocycles. The normalized spacial score (nSPS) is 24.2. The van der Waals surface area contributed by atoms with Crippen molar-refractivity contribution in [1.29, 1.82) is 0 Å². The molecular formula is C23H26FNO3. The van der Waals surface area contributed by atoms with E-state index < -0.39 is 0 Å². The zero-order chi connectivity index (χ0) is 19.7. The molecule has 2 saturated heterocycles. The summed E-state index contributed by atoms with van der Waals surface area (Å²) in [6, 6.07) is 12.8. The van der Waals surface area contributed by atoms with Gasteiger partial charge in [0.1, 0.15) is 5.82 Å². The Morgan fingerprint density at radius 2 is 2.14 bits per heavy atom. The SMILES string of the molecule is Cc1ccc(Cc2ccccc2C(=O)N2C[C@@H]3CCOC[C@]3(CO)C2)cc1F. The van der Waals surface area contributed by atoms with Crippen LogP contribution in [0.4, 0.5) is 4.39 Å². The summed E-state index contributed by atoms with van der Waals surface area (Å²) in [5.41, 5.74) is 2.65. The number of aryl methyl sites for hydroxylation is 1. The number of likely N-dealkylation sites (tertiary alicyclic amines) is 1. The van der Waals surface area contributed by atoms with E-state index in [2.05, 4.69) is 0 Å². The summed E-state index contributed by atoms with van der Waals surface area (Å²) in [4.78, 5) is 15.2. The molecule has 0 bridgehead atoms. The molecular weight excluding hydrogens is 357 g/mol. The highest BCUT2D eigenvalue weighted by Gasteiger charge is 2.49. The van der Waals surface area contributed by atoms with Crippen molar-refractivity contribution >= 4 is 5.91 Å². The smallest absolute Gasteiger partial charge is 0.254 e. The van der Waals surface area contributed by atoms with Gasteiger partial charge in [0.2, 0.25) is 0 Å². The van der Waals surface area contributed by atoms with Crippen LogP contribution in [-0.4, -0.2) is 48.8 Å². The van der Waals surface area contributed by atoms with Crippen LogP contribution in [0.2, 0.25) is 0 Å². The van der Waals surface area contributed by atoms with Crippen molar-refractivity contribution in [3.63, 3.8) is 0 Å². The predicted octanol–water partition coefficient (Wildman–Crippen LogP) is 3.20. The molecule has 2 heterocycles. The molecule has 0 unspecified atom stereocenters. The van der Waals surface area contributed by atoms with Gasteiger partial charge in [-0.25, -0.2) is 4.39 Å². The highest BCUT2D eigenvalue weighted by Crippen LogP contribution is 2.41. The second kappa shape index (κ2) is 7.64. The summed E-state index contributed by atoms with van der Waals surface area (Å²) in [5, 5.41) is 9.97. The highest BCUT2D eigenvalue weighted by atomic mass is 19.1. The van der Waals surface area contributed by atoms with E-state index in [1.54, 1.807) is 19.1 Å². The second-order valence-electron chi connectivity index (χ2n) is 8.16. The average molecular weight is 383 g/mol. The molecule has 4 rings (SSSR count). The van der Waals surface area contributed by atoms with Crippen LogP contribution in [0.1, 0.15) is 33.5 Å². The Balaban J connectivity index is 1.58. The number of aliphatic hydroxyl groups excluding tert-OH is 1. The van der Waals surface area contributed by atoms with Gasteiger partial charge in [0, 0.05) is 30.7 Å². The third-order valence-electron chi connectivity index (χ3n) is 6.29. The van der Waals surface area contributed by atoms with Crippen molar-refractivity contribution < 1.29 is 19.0 Å². The van der Waals surface area contributed by atoms with Crippen molar-refractivity contribution in [1.82, 2.24) is 4.90 Å². The molecule has 2 aliphatic rings. The van der Waals surface area contributed by atoms with Gasteiger partial charge in [0.05, 0.1) is 13.2 Å². The lowest BCUT2D eigenvalue weighted by atomic mass is 9.76. The molecule has 148 valence electrons. The molecule has 1 N–H and O–H groups in total. The Morgan fingerprint density at radius 1 is 1.32 bits per heavy atom. The first-order valence-electron chi connectivity index (χ1n) is 9.83. The van der Waals surface area contributed by atoms with E-state index in [4.69, 9.17) is 4.74 Å². The van der Waals surface area contributed by atoms with Crippen molar-refractivity contribution in [2.45, 2.75) is 19.8 Å². The van der Waals surface area contributed by atoms with Gasteiger partial charge in [-0.3, -0.25) is 4.79 Å². The van der Waals surface area contributed by atoms with Crippen LogP contribution in [0.3, 0.4) is 0 Å². The Kier molecular flexibility index (Phi) is 5.21. The summed E-state index contributed by atoms with van der Waals surface area (Å²) >= 11 is 0. The molecule has 2 aliphatic heterocycles. The predicted molar refractivity (Wildman–Crippen MR) is 105 cm³/mol. The third kappa shape index (κ3) is 3.45. The largest absolute Gasteiger partial charge is 0.396 e. The Labute approximate surface area is 164 Å². The number of benzene rings is 2. The minimum absolute atomic E-state index is 0.0228. The lowest BCUT2D eigenvalue weighted by Crippen LogP contribution is -2.43. The maximum Gasteiger partial charge on any atom is 0.254 e. The molecule has 2 fully saturated rings. The summed E-state index contributed by atoms with van der Waals surface area (Å²) in [6.07, 6.45) is 1.37. The minimum Gasteiger partial charge on any atom is -0.396 e. The standard InChI is InChI=1S/C23H26FNO3/c1-16-6-7-17(11-21(16)24)10-18-4-2-3-5-20(18)22(27)25-12-19-8-9-28-15-23(19,13-25)14-26/h2-7,11,19,26H,8-10,12-15H2,1H3/t19-,23+/m0/s1. The van der Waals surface area contributed by atoms with Crippen molar-refractivity contribution in [3.05, 3.63) is 70.5 Å². The van der Waals surface area contributed by atoms with E-state index in [1.165, 1.54) is 0 Å². The minimum atomic E-state index is -0.344. The number of amides is 1. The number of hydrogen-bond acceptors (Lipinski definition) is 3. The number of halogens is 1. The number of fused-ring (bicyclic) bond motifs is 1. The van der Waals surface area contributed by atoms with Crippen LogP contribution in [0, 0.1) is 24.1 Å². The number of hydrogen-bond donors (Lipinski definition) is 1. The van der Waals surface area contributed by atoms with Gasteiger partial charge in [-0.2, -0.15) is 0 Å². The average Bonchev–Trinajstić information content (AvgIpc) is 3.11. The van der Waals surface area contributed by atoms with E-state index in [0.29, 0.717) is 43.9 Å². The third-order valence-corrected chi connectivity index (χ3v) is 6.29. The monoisotopic (exact) mass is 383 g/mol. The first kappa shape index (κ1) is 19.1. The molecule has 4 nitrogen and oxygen atoms in total. The zero-order valence-corrected chi connectivity index (χ0v) is 16.2. The molecule has 2 atom stereocenters. The van der Waals surface area contributed by atoms with Gasteiger partial charge in [0.25, 0.3) is 5.91 Å². The van der Waals surface area contributed by atoms with Crippen molar-refractivity contribution in [2.24, 2.45) is 11.3 Å². The van der Waals surface area contributed by atoms with Crippen LogP contribution in [0.5, 0.6) is 0 Å². The van der Waals surface area contributed by atoms with Gasteiger partial charge in [-0.15, -0.1) is 0 Å². The van der Waals surface area contributed by atoms with Gasteiger partial charge >= 0.3 is 0 Å². The molecule has 0 radical (unpaired) electrons. The molecule has 5 heteroatoms. The topological polar surface area (TPSA) is 49.8 Å². The number of carbonyl (C=O) groups is 1. The Morgan fingerprint density at radius 3 is 2.89 bits per heavy atom. The fourth-order valence-corrected chi connectivity index (χ4v) is 4.49. The summed E-state index contributed by atoms with van der Waals surface area (Å²) < 4.78 is 19.5. The first-order valence-corrected chi connectivity index (χ1v) is 9.83.